The molecular weight excluding hydrogens is 323 g/mol. The number of hydroxylamine groups is 1. The fourth-order valence-corrected chi connectivity index (χ4v) is 2.54. The fraction of sp³-hybridized carbons (Fsp3) is 0.222. The Bertz CT molecular complexity index is 905. The second kappa shape index (κ2) is 7.76. The molecule has 0 fully saturated rings. The molecule has 0 aliphatic carbocycles. The van der Waals surface area contributed by atoms with Crippen LogP contribution in [0.2, 0.25) is 0 Å². The van der Waals surface area contributed by atoms with Gasteiger partial charge in [0.2, 0.25) is 0 Å². The average molecular weight is 344 g/mol. The van der Waals surface area contributed by atoms with Crippen molar-refractivity contribution in [1.82, 2.24) is 15.0 Å². The minimum atomic E-state index is -0.696. The van der Waals surface area contributed by atoms with Gasteiger partial charge in [-0.2, -0.15) is 0 Å². The molecule has 3 N–H and O–H groups in total. The molecule has 1 amide bonds. The second-order valence-electron chi connectivity index (χ2n) is 5.21. The summed E-state index contributed by atoms with van der Waals surface area (Å²) in [5.74, 6) is -0.787. The van der Waals surface area contributed by atoms with Crippen LogP contribution < -0.4 is 10.8 Å². The molecule has 0 aliphatic rings. The third-order valence-electron chi connectivity index (χ3n) is 3.65. The number of halogens is 1. The van der Waals surface area contributed by atoms with Gasteiger partial charge in [-0.05, 0) is 36.8 Å². The van der Waals surface area contributed by atoms with Crippen LogP contribution in [0.25, 0.3) is 11.0 Å². The van der Waals surface area contributed by atoms with E-state index in [1.807, 2.05) is 13.8 Å². The van der Waals surface area contributed by atoms with Crippen LogP contribution in [0.3, 0.4) is 0 Å². The summed E-state index contributed by atoms with van der Waals surface area (Å²) in [6.45, 7) is 5.79. The molecule has 132 valence electrons. The van der Waals surface area contributed by atoms with Gasteiger partial charge in [0, 0.05) is 18.6 Å². The number of carbonyl (C=O) groups is 1. The molecule has 1 aromatic carbocycles. The number of hydrogen-bond donors (Lipinski definition) is 3. The molecule has 0 saturated heterocycles. The Balaban J connectivity index is 0.00000109. The Labute approximate surface area is 145 Å². The van der Waals surface area contributed by atoms with Crippen molar-refractivity contribution < 1.29 is 14.4 Å². The van der Waals surface area contributed by atoms with Crippen molar-refractivity contribution >= 4 is 28.4 Å². The Morgan fingerprint density at radius 1 is 1.28 bits per heavy atom. The third kappa shape index (κ3) is 3.46. The van der Waals surface area contributed by atoms with Gasteiger partial charge in [0.25, 0.3) is 5.91 Å². The molecule has 6 nitrogen and oxygen atoms in total. The molecule has 2 aromatic heterocycles. The smallest absolute Gasteiger partial charge is 0.279 e. The van der Waals surface area contributed by atoms with E-state index in [0.29, 0.717) is 16.9 Å². The number of fused-ring (bicyclic) bond motifs is 1. The second-order valence-corrected chi connectivity index (χ2v) is 5.21. The molecule has 0 spiro atoms. The highest BCUT2D eigenvalue weighted by Gasteiger charge is 2.22. The van der Waals surface area contributed by atoms with Crippen molar-refractivity contribution in [2.45, 2.75) is 20.8 Å². The molecule has 3 aromatic rings. The molecule has 2 heterocycles. The molecule has 0 unspecified atom stereocenters. The number of hydrogen-bond acceptors (Lipinski definition) is 4. The van der Waals surface area contributed by atoms with Crippen LogP contribution in [0.4, 0.5) is 15.9 Å². The number of aryl methyl sites for hydroxylation is 2. The summed E-state index contributed by atoms with van der Waals surface area (Å²) >= 11 is 0. The van der Waals surface area contributed by atoms with Gasteiger partial charge < -0.3 is 9.88 Å². The first kappa shape index (κ1) is 18.4. The van der Waals surface area contributed by atoms with Gasteiger partial charge in [0.05, 0.1) is 11.3 Å². The number of anilines is 2. The number of nitrogens with zero attached hydrogens (tertiary/aromatic N) is 2. The topological polar surface area (TPSA) is 79.2 Å². The molecule has 0 aliphatic heterocycles. The van der Waals surface area contributed by atoms with E-state index in [4.69, 9.17) is 5.21 Å². The number of carbonyl (C=O) groups excluding carboxylic acids is 1. The first-order chi connectivity index (χ1) is 12.0. The minimum Gasteiger partial charge on any atom is -0.339 e. The van der Waals surface area contributed by atoms with E-state index in [1.54, 1.807) is 54.5 Å². The molecular formula is C18H21FN4O2. The van der Waals surface area contributed by atoms with Crippen LogP contribution in [-0.2, 0) is 7.05 Å². The van der Waals surface area contributed by atoms with Crippen LogP contribution >= 0.6 is 0 Å². The Morgan fingerprint density at radius 3 is 2.64 bits per heavy atom. The number of rotatable bonds is 3. The minimum absolute atomic E-state index is 0.193. The zero-order valence-corrected chi connectivity index (χ0v) is 14.6. The Kier molecular flexibility index (Phi) is 5.71. The standard InChI is InChI=1S/C16H15FN4O2.C2H6/c1-9-5-6-12(11(17)8-9)19-15-13(16(22)20-23)10-4-3-7-18-14(10)21(15)2;1-2/h3-8,19,23H,1-2H3,(H,20,22);1-2H3. The molecule has 3 rings (SSSR count). The van der Waals surface area contributed by atoms with Gasteiger partial charge >= 0.3 is 0 Å². The van der Waals surface area contributed by atoms with Crippen LogP contribution in [0, 0.1) is 12.7 Å². The van der Waals surface area contributed by atoms with Crippen molar-refractivity contribution in [3.63, 3.8) is 0 Å². The van der Waals surface area contributed by atoms with E-state index in [0.717, 1.165) is 5.56 Å². The van der Waals surface area contributed by atoms with Crippen molar-refractivity contribution in [3.8, 4) is 0 Å². The SMILES string of the molecule is CC.Cc1ccc(Nc2c(C(=O)NO)c3cccnc3n2C)c(F)c1. The number of amides is 1. The fourth-order valence-electron chi connectivity index (χ4n) is 2.54. The molecule has 0 saturated carbocycles. The van der Waals surface area contributed by atoms with Crippen molar-refractivity contribution in [2.75, 3.05) is 5.32 Å². The average Bonchev–Trinajstić information content (AvgIpc) is 2.91. The van der Waals surface area contributed by atoms with Crippen LogP contribution in [-0.4, -0.2) is 20.7 Å². The predicted octanol–water partition coefficient (Wildman–Crippen LogP) is 3.91. The van der Waals surface area contributed by atoms with Crippen molar-refractivity contribution in [1.29, 1.82) is 0 Å². The first-order valence-corrected chi connectivity index (χ1v) is 7.94. The summed E-state index contributed by atoms with van der Waals surface area (Å²) < 4.78 is 15.7. The maximum absolute atomic E-state index is 14.1. The summed E-state index contributed by atoms with van der Waals surface area (Å²) in [5, 5.41) is 12.5. The highest BCUT2D eigenvalue weighted by Crippen LogP contribution is 2.31. The highest BCUT2D eigenvalue weighted by molar-refractivity contribution is 6.11. The molecule has 0 radical (unpaired) electrons. The number of nitrogens with one attached hydrogen (secondary N) is 2. The van der Waals surface area contributed by atoms with Gasteiger partial charge in [-0.25, -0.2) is 14.9 Å². The van der Waals surface area contributed by atoms with Crippen LogP contribution in [0.5, 0.6) is 0 Å². The van der Waals surface area contributed by atoms with E-state index in [2.05, 4.69) is 10.3 Å². The van der Waals surface area contributed by atoms with E-state index < -0.39 is 11.7 Å². The largest absolute Gasteiger partial charge is 0.339 e. The van der Waals surface area contributed by atoms with Crippen LogP contribution in [0.1, 0.15) is 29.8 Å². The van der Waals surface area contributed by atoms with Gasteiger partial charge in [0.15, 0.2) is 0 Å². The van der Waals surface area contributed by atoms with Crippen molar-refractivity contribution in [3.05, 3.63) is 53.5 Å². The summed E-state index contributed by atoms with van der Waals surface area (Å²) in [7, 11) is 1.71. The number of aromatic nitrogens is 2. The quantitative estimate of drug-likeness (QED) is 0.497. The monoisotopic (exact) mass is 344 g/mol. The van der Waals surface area contributed by atoms with Crippen LogP contribution in [0.15, 0.2) is 36.5 Å². The lowest BCUT2D eigenvalue weighted by atomic mass is 10.2. The van der Waals surface area contributed by atoms with Gasteiger partial charge in [-0.15, -0.1) is 0 Å². The Morgan fingerprint density at radius 2 is 2.00 bits per heavy atom. The first-order valence-electron chi connectivity index (χ1n) is 7.94. The molecule has 0 bridgehead atoms. The lowest BCUT2D eigenvalue weighted by molar-refractivity contribution is 0.0709. The summed E-state index contributed by atoms with van der Waals surface area (Å²) in [6.07, 6.45) is 1.60. The van der Waals surface area contributed by atoms with Gasteiger partial charge in [-0.1, -0.05) is 19.9 Å². The van der Waals surface area contributed by atoms with E-state index >= 15 is 0 Å². The summed E-state index contributed by atoms with van der Waals surface area (Å²) in [4.78, 5) is 16.3. The Hall–Kier alpha value is -2.93. The van der Waals surface area contributed by atoms with Crippen molar-refractivity contribution in [2.24, 2.45) is 7.05 Å². The van der Waals surface area contributed by atoms with E-state index in [-0.39, 0.29) is 11.3 Å². The van der Waals surface area contributed by atoms with E-state index in [9.17, 15) is 9.18 Å². The molecule has 0 atom stereocenters. The zero-order valence-electron chi connectivity index (χ0n) is 14.6. The summed E-state index contributed by atoms with van der Waals surface area (Å²) in [6, 6.07) is 8.15. The van der Waals surface area contributed by atoms with E-state index in [1.165, 1.54) is 6.07 Å². The lowest BCUT2D eigenvalue weighted by Gasteiger charge is -2.11. The number of pyridine rings is 1. The zero-order chi connectivity index (χ0) is 18.6. The van der Waals surface area contributed by atoms with Gasteiger partial charge in [0.1, 0.15) is 17.3 Å². The maximum atomic E-state index is 14.1. The normalized spacial score (nSPS) is 10.2. The molecule has 25 heavy (non-hydrogen) atoms. The van der Waals surface area contributed by atoms with Gasteiger partial charge in [-0.3, -0.25) is 10.0 Å². The highest BCUT2D eigenvalue weighted by atomic mass is 19.1. The third-order valence-corrected chi connectivity index (χ3v) is 3.65. The maximum Gasteiger partial charge on any atom is 0.279 e. The predicted molar refractivity (Wildman–Crippen MR) is 95.7 cm³/mol. The lowest BCUT2D eigenvalue weighted by Crippen LogP contribution is -2.20. The molecule has 7 heteroatoms. The number of benzene rings is 1. The summed E-state index contributed by atoms with van der Waals surface area (Å²) in [5.41, 5.74) is 3.38.